The number of halogens is 1. The first-order valence-corrected chi connectivity index (χ1v) is 7.80. The summed E-state index contributed by atoms with van der Waals surface area (Å²) < 4.78 is 18.4. The summed E-state index contributed by atoms with van der Waals surface area (Å²) in [5.41, 5.74) is 0.445. The zero-order chi connectivity index (χ0) is 15.8. The Labute approximate surface area is 132 Å². The van der Waals surface area contributed by atoms with Gasteiger partial charge in [-0.05, 0) is 44.0 Å². The van der Waals surface area contributed by atoms with Gasteiger partial charge in [0.25, 0.3) is 5.89 Å². The Bertz CT molecular complexity index is 707. The van der Waals surface area contributed by atoms with E-state index >= 15 is 0 Å². The smallest absolute Gasteiger partial charge is 0.307 e. The van der Waals surface area contributed by atoms with Crippen molar-refractivity contribution in [3.05, 3.63) is 36.2 Å². The van der Waals surface area contributed by atoms with E-state index in [1.165, 1.54) is 18.3 Å². The van der Waals surface area contributed by atoms with Gasteiger partial charge in [0, 0.05) is 12.6 Å². The molecule has 3 fully saturated rings. The maximum atomic E-state index is 12.9. The van der Waals surface area contributed by atoms with E-state index in [1.807, 2.05) is 0 Å². The van der Waals surface area contributed by atoms with E-state index in [0.717, 1.165) is 38.7 Å². The number of aromatic nitrogens is 2. The number of piperidine rings is 3. The summed E-state index contributed by atoms with van der Waals surface area (Å²) in [5, 5.41) is 3.02. The minimum absolute atomic E-state index is 0.0163. The highest BCUT2D eigenvalue weighted by molar-refractivity contribution is 5.90. The molecule has 1 unspecified atom stereocenters. The van der Waals surface area contributed by atoms with Crippen LogP contribution in [0.5, 0.6) is 0 Å². The number of carbonyl (C=O) groups is 1. The molecule has 3 saturated heterocycles. The van der Waals surface area contributed by atoms with Crippen LogP contribution in [-0.2, 0) is 0 Å². The Morgan fingerprint density at radius 1 is 1.26 bits per heavy atom. The fraction of sp³-hybridized carbons (Fsp3) is 0.438. The molecule has 0 radical (unpaired) electrons. The number of hydrogen-bond donors (Lipinski definition) is 1. The fourth-order valence-corrected chi connectivity index (χ4v) is 3.38. The van der Waals surface area contributed by atoms with Gasteiger partial charge in [-0.3, -0.25) is 4.79 Å². The molecule has 0 saturated carbocycles. The molecule has 2 aromatic rings. The summed E-state index contributed by atoms with van der Waals surface area (Å²) in [4.78, 5) is 22.6. The second kappa shape index (κ2) is 5.73. The number of nitrogens with zero attached hydrogens (tertiary/aromatic N) is 3. The zero-order valence-corrected chi connectivity index (χ0v) is 12.5. The average Bonchev–Trinajstić information content (AvgIpc) is 3.07. The quantitative estimate of drug-likeness (QED) is 0.933. The number of nitrogens with one attached hydrogen (secondary N) is 1. The molecule has 6 nitrogen and oxygen atoms in total. The van der Waals surface area contributed by atoms with Crippen molar-refractivity contribution in [2.75, 3.05) is 19.6 Å². The van der Waals surface area contributed by atoms with Gasteiger partial charge in [-0.25, -0.2) is 14.4 Å². The van der Waals surface area contributed by atoms with E-state index in [2.05, 4.69) is 20.2 Å². The Morgan fingerprint density at radius 2 is 2.09 bits per heavy atom. The first-order valence-electron chi connectivity index (χ1n) is 7.80. The van der Waals surface area contributed by atoms with Crippen LogP contribution in [0.25, 0.3) is 11.5 Å². The molecule has 3 aliphatic rings. The molecule has 23 heavy (non-hydrogen) atoms. The molecule has 2 bridgehead atoms. The molecule has 1 N–H and O–H groups in total. The minimum Gasteiger partial charge on any atom is -0.431 e. The Morgan fingerprint density at radius 3 is 2.74 bits per heavy atom. The molecule has 5 rings (SSSR count). The molecule has 3 aliphatic heterocycles. The van der Waals surface area contributed by atoms with Gasteiger partial charge in [0.2, 0.25) is 0 Å². The SMILES string of the molecule is O=C(NC1CN2CCC1CC2)c1ncc(-c2ccc(F)cn2)o1. The third-order valence-electron chi connectivity index (χ3n) is 4.65. The molecule has 0 aromatic carbocycles. The van der Waals surface area contributed by atoms with E-state index in [-0.39, 0.29) is 17.8 Å². The number of amides is 1. The van der Waals surface area contributed by atoms with Crippen LogP contribution in [0.15, 0.2) is 28.9 Å². The predicted molar refractivity (Wildman–Crippen MR) is 80.1 cm³/mol. The molecular weight excluding hydrogens is 299 g/mol. The zero-order valence-electron chi connectivity index (χ0n) is 12.5. The second-order valence-electron chi connectivity index (χ2n) is 6.11. The number of carbonyl (C=O) groups excluding carboxylic acids is 1. The van der Waals surface area contributed by atoms with Crippen molar-refractivity contribution in [1.29, 1.82) is 0 Å². The van der Waals surface area contributed by atoms with Crippen LogP contribution in [-0.4, -0.2) is 46.5 Å². The highest BCUT2D eigenvalue weighted by atomic mass is 19.1. The van der Waals surface area contributed by atoms with Gasteiger partial charge in [0.1, 0.15) is 11.5 Å². The lowest BCUT2D eigenvalue weighted by Crippen LogP contribution is -2.57. The number of fused-ring (bicyclic) bond motifs is 3. The molecule has 120 valence electrons. The van der Waals surface area contributed by atoms with Crippen LogP contribution >= 0.6 is 0 Å². The molecule has 0 spiro atoms. The van der Waals surface area contributed by atoms with E-state index in [9.17, 15) is 9.18 Å². The van der Waals surface area contributed by atoms with Crippen molar-refractivity contribution >= 4 is 5.91 Å². The first-order chi connectivity index (χ1) is 11.2. The topological polar surface area (TPSA) is 71.3 Å². The van der Waals surface area contributed by atoms with Crippen LogP contribution < -0.4 is 5.32 Å². The summed E-state index contributed by atoms with van der Waals surface area (Å²) in [6, 6.07) is 2.94. The van der Waals surface area contributed by atoms with Crippen molar-refractivity contribution in [2.24, 2.45) is 5.92 Å². The van der Waals surface area contributed by atoms with Gasteiger partial charge >= 0.3 is 5.91 Å². The van der Waals surface area contributed by atoms with Crippen molar-refractivity contribution in [2.45, 2.75) is 18.9 Å². The molecule has 1 atom stereocenters. The first kappa shape index (κ1) is 14.3. The van der Waals surface area contributed by atoms with Crippen LogP contribution in [0.3, 0.4) is 0 Å². The maximum absolute atomic E-state index is 12.9. The molecule has 5 heterocycles. The predicted octanol–water partition coefficient (Wildman–Crippen LogP) is 1.70. The standard InChI is InChI=1S/C16H17FN4O2/c17-11-1-2-12(18-7-11)14-8-19-16(23-14)15(22)20-13-9-21-5-3-10(13)4-6-21/h1-2,7-8,10,13H,3-6,9H2,(H,20,22). The molecule has 7 heteroatoms. The van der Waals surface area contributed by atoms with E-state index < -0.39 is 5.82 Å². The van der Waals surface area contributed by atoms with Gasteiger partial charge in [-0.1, -0.05) is 0 Å². The second-order valence-corrected chi connectivity index (χ2v) is 6.11. The number of pyridine rings is 1. The van der Waals surface area contributed by atoms with Gasteiger partial charge < -0.3 is 14.6 Å². The van der Waals surface area contributed by atoms with E-state index in [0.29, 0.717) is 17.4 Å². The van der Waals surface area contributed by atoms with Crippen molar-refractivity contribution in [3.8, 4) is 11.5 Å². The van der Waals surface area contributed by atoms with Crippen molar-refractivity contribution < 1.29 is 13.6 Å². The lowest BCUT2D eigenvalue weighted by Gasteiger charge is -2.44. The highest BCUT2D eigenvalue weighted by Crippen LogP contribution is 2.27. The minimum atomic E-state index is -0.423. The highest BCUT2D eigenvalue weighted by Gasteiger charge is 2.35. The largest absolute Gasteiger partial charge is 0.431 e. The molecule has 2 aromatic heterocycles. The van der Waals surface area contributed by atoms with Crippen LogP contribution in [0.2, 0.25) is 0 Å². The summed E-state index contributed by atoms with van der Waals surface area (Å²) in [6.07, 6.45) is 4.79. The summed E-state index contributed by atoms with van der Waals surface area (Å²) in [7, 11) is 0. The number of oxazole rings is 1. The third kappa shape index (κ3) is 2.84. The molecular formula is C16H17FN4O2. The summed E-state index contributed by atoms with van der Waals surface area (Å²) in [5.74, 6) is 0.175. The maximum Gasteiger partial charge on any atom is 0.307 e. The fourth-order valence-electron chi connectivity index (χ4n) is 3.38. The van der Waals surface area contributed by atoms with Gasteiger partial charge in [0.05, 0.1) is 12.4 Å². The lowest BCUT2D eigenvalue weighted by atomic mass is 9.84. The normalized spacial score (nSPS) is 26.2. The monoisotopic (exact) mass is 316 g/mol. The van der Waals surface area contributed by atoms with Gasteiger partial charge in [-0.15, -0.1) is 0 Å². The number of rotatable bonds is 3. The number of hydrogen-bond acceptors (Lipinski definition) is 5. The Kier molecular flexibility index (Phi) is 3.57. The van der Waals surface area contributed by atoms with Gasteiger partial charge in [0.15, 0.2) is 5.76 Å². The Hall–Kier alpha value is -2.28. The van der Waals surface area contributed by atoms with Crippen LogP contribution in [0, 0.1) is 11.7 Å². The molecule has 1 amide bonds. The third-order valence-corrected chi connectivity index (χ3v) is 4.65. The summed E-state index contributed by atoms with van der Waals surface area (Å²) >= 11 is 0. The van der Waals surface area contributed by atoms with Crippen molar-refractivity contribution in [3.63, 3.8) is 0 Å². The van der Waals surface area contributed by atoms with Gasteiger partial charge in [-0.2, -0.15) is 0 Å². The van der Waals surface area contributed by atoms with Crippen LogP contribution in [0.1, 0.15) is 23.5 Å². The van der Waals surface area contributed by atoms with Crippen LogP contribution in [0.4, 0.5) is 4.39 Å². The van der Waals surface area contributed by atoms with Crippen molar-refractivity contribution in [1.82, 2.24) is 20.2 Å². The average molecular weight is 316 g/mol. The summed E-state index contributed by atoms with van der Waals surface area (Å²) in [6.45, 7) is 3.14. The van der Waals surface area contributed by atoms with E-state index in [1.54, 1.807) is 0 Å². The molecule has 0 aliphatic carbocycles. The van der Waals surface area contributed by atoms with E-state index in [4.69, 9.17) is 4.42 Å². The lowest BCUT2D eigenvalue weighted by molar-refractivity contribution is 0.0602. The Balaban J connectivity index is 1.46.